The topological polar surface area (TPSA) is 78.1 Å². The van der Waals surface area contributed by atoms with Gasteiger partial charge in [-0.2, -0.15) is 4.98 Å². The van der Waals surface area contributed by atoms with Gasteiger partial charge in [0.25, 0.3) is 0 Å². The molecule has 0 saturated carbocycles. The average molecular weight is 167 g/mol. The van der Waals surface area contributed by atoms with E-state index >= 15 is 0 Å². The number of nitrogen functional groups attached to an aromatic ring is 1. The van der Waals surface area contributed by atoms with E-state index in [-0.39, 0.29) is 23.2 Å². The van der Waals surface area contributed by atoms with Gasteiger partial charge < -0.3 is 10.5 Å². The Kier molecular flexibility index (Phi) is 2.23. The minimum absolute atomic E-state index is 0.169. The fourth-order valence-corrected chi connectivity index (χ4v) is 0.769. The first-order chi connectivity index (χ1) is 5.65. The number of ketones is 1. The van der Waals surface area contributed by atoms with Crippen LogP contribution in [0, 0.1) is 0 Å². The smallest absolute Gasteiger partial charge is 0.245 e. The molecule has 1 aromatic heterocycles. The molecule has 0 atom stereocenters. The lowest BCUT2D eigenvalue weighted by Gasteiger charge is -2.02. The Morgan fingerprint density at radius 3 is 2.83 bits per heavy atom. The number of methoxy groups -OCH3 is 1. The van der Waals surface area contributed by atoms with Gasteiger partial charge >= 0.3 is 0 Å². The normalized spacial score (nSPS) is 9.50. The molecular weight excluding hydrogens is 158 g/mol. The average Bonchev–Trinajstić information content (AvgIpc) is 2.03. The lowest BCUT2D eigenvalue weighted by Crippen LogP contribution is -2.05. The second-order valence-corrected chi connectivity index (χ2v) is 2.21. The number of carbonyl (C=O) groups is 1. The summed E-state index contributed by atoms with van der Waals surface area (Å²) in [5.74, 6) is 0.207. The Labute approximate surface area is 69.6 Å². The van der Waals surface area contributed by atoms with Crippen molar-refractivity contribution in [2.45, 2.75) is 6.92 Å². The number of carbonyl (C=O) groups excluding carboxylic acids is 1. The molecule has 1 heterocycles. The summed E-state index contributed by atoms with van der Waals surface area (Å²) >= 11 is 0. The first kappa shape index (κ1) is 8.45. The van der Waals surface area contributed by atoms with Crippen molar-refractivity contribution in [2.75, 3.05) is 12.8 Å². The molecule has 0 fully saturated rings. The van der Waals surface area contributed by atoms with Crippen molar-refractivity contribution in [1.82, 2.24) is 9.97 Å². The molecule has 0 aliphatic carbocycles. The van der Waals surface area contributed by atoms with E-state index in [1.807, 2.05) is 0 Å². The number of hydrogen-bond donors (Lipinski definition) is 1. The van der Waals surface area contributed by atoms with E-state index < -0.39 is 0 Å². The molecule has 0 saturated heterocycles. The summed E-state index contributed by atoms with van der Waals surface area (Å²) in [5, 5.41) is 0. The summed E-state index contributed by atoms with van der Waals surface area (Å²) in [6, 6.07) is 0. The van der Waals surface area contributed by atoms with Gasteiger partial charge in [-0.15, -0.1) is 0 Å². The van der Waals surface area contributed by atoms with Crippen LogP contribution in [0.1, 0.15) is 17.4 Å². The van der Waals surface area contributed by atoms with Gasteiger partial charge in [-0.1, -0.05) is 0 Å². The summed E-state index contributed by atoms with van der Waals surface area (Å²) in [5.41, 5.74) is 5.54. The van der Waals surface area contributed by atoms with Crippen LogP contribution in [-0.2, 0) is 0 Å². The molecule has 0 aliphatic rings. The molecule has 0 aliphatic heterocycles. The third-order valence-corrected chi connectivity index (χ3v) is 1.29. The van der Waals surface area contributed by atoms with Crippen molar-refractivity contribution in [3.05, 3.63) is 11.9 Å². The van der Waals surface area contributed by atoms with Crippen LogP contribution in [0.15, 0.2) is 6.20 Å². The highest BCUT2D eigenvalue weighted by molar-refractivity contribution is 5.94. The lowest BCUT2D eigenvalue weighted by molar-refractivity contribution is 0.100. The van der Waals surface area contributed by atoms with E-state index in [1.54, 1.807) is 0 Å². The summed E-state index contributed by atoms with van der Waals surface area (Å²) in [4.78, 5) is 18.5. The van der Waals surface area contributed by atoms with Crippen molar-refractivity contribution in [3.8, 4) is 5.88 Å². The number of nitrogens with zero attached hydrogens (tertiary/aromatic N) is 2. The molecule has 2 N–H and O–H groups in total. The van der Waals surface area contributed by atoms with Crippen LogP contribution in [-0.4, -0.2) is 22.9 Å². The predicted octanol–water partition coefficient (Wildman–Crippen LogP) is 0.270. The van der Waals surface area contributed by atoms with E-state index in [2.05, 4.69) is 9.97 Å². The number of rotatable bonds is 2. The number of Topliss-reactive ketones (excluding diaryl/α,β-unsaturated/α-hetero) is 1. The molecule has 0 spiro atoms. The van der Waals surface area contributed by atoms with E-state index in [0.29, 0.717) is 0 Å². The van der Waals surface area contributed by atoms with Gasteiger partial charge in [-0.05, 0) is 0 Å². The molecule has 1 rings (SSSR count). The van der Waals surface area contributed by atoms with Gasteiger partial charge in [-0.3, -0.25) is 4.79 Å². The molecule has 0 bridgehead atoms. The molecule has 0 amide bonds. The van der Waals surface area contributed by atoms with Crippen LogP contribution in [0.4, 0.5) is 5.82 Å². The first-order valence-electron chi connectivity index (χ1n) is 3.32. The van der Waals surface area contributed by atoms with Crippen molar-refractivity contribution in [1.29, 1.82) is 0 Å². The Morgan fingerprint density at radius 1 is 1.67 bits per heavy atom. The minimum atomic E-state index is -0.195. The molecule has 64 valence electrons. The van der Waals surface area contributed by atoms with Crippen LogP contribution in [0.2, 0.25) is 0 Å². The summed E-state index contributed by atoms with van der Waals surface area (Å²) < 4.78 is 4.81. The number of hydrogen-bond acceptors (Lipinski definition) is 5. The maximum Gasteiger partial charge on any atom is 0.245 e. The first-order valence-corrected chi connectivity index (χ1v) is 3.32. The molecule has 0 aromatic carbocycles. The van der Waals surface area contributed by atoms with Crippen molar-refractivity contribution >= 4 is 11.6 Å². The predicted molar refractivity (Wildman–Crippen MR) is 43.0 cm³/mol. The van der Waals surface area contributed by atoms with Gasteiger partial charge in [0, 0.05) is 6.92 Å². The second-order valence-electron chi connectivity index (χ2n) is 2.21. The van der Waals surface area contributed by atoms with E-state index in [4.69, 9.17) is 10.5 Å². The fraction of sp³-hybridized carbons (Fsp3) is 0.286. The quantitative estimate of drug-likeness (QED) is 0.639. The van der Waals surface area contributed by atoms with Gasteiger partial charge in [0.2, 0.25) is 5.88 Å². The summed E-state index contributed by atoms with van der Waals surface area (Å²) in [6.45, 7) is 1.39. The largest absolute Gasteiger partial charge is 0.479 e. The zero-order valence-corrected chi connectivity index (χ0v) is 6.87. The van der Waals surface area contributed by atoms with Crippen LogP contribution < -0.4 is 10.5 Å². The molecule has 5 heteroatoms. The van der Waals surface area contributed by atoms with Gasteiger partial charge in [0.05, 0.1) is 13.3 Å². The van der Waals surface area contributed by atoms with Gasteiger partial charge in [0.1, 0.15) is 5.82 Å². The Balaban J connectivity index is 3.20. The van der Waals surface area contributed by atoms with Crippen LogP contribution in [0.3, 0.4) is 0 Å². The van der Waals surface area contributed by atoms with Crippen molar-refractivity contribution in [3.63, 3.8) is 0 Å². The molecule has 5 nitrogen and oxygen atoms in total. The zero-order valence-electron chi connectivity index (χ0n) is 6.87. The molecule has 1 aromatic rings. The van der Waals surface area contributed by atoms with Gasteiger partial charge in [0.15, 0.2) is 11.5 Å². The maximum absolute atomic E-state index is 10.9. The van der Waals surface area contributed by atoms with Crippen LogP contribution >= 0.6 is 0 Å². The third kappa shape index (κ3) is 1.50. The summed E-state index contributed by atoms with van der Waals surface area (Å²) in [6.07, 6.45) is 1.32. The Hall–Kier alpha value is -1.65. The molecular formula is C7H9N3O2. The molecule has 0 radical (unpaired) electrons. The Bertz CT molecular complexity index is 312. The molecule has 12 heavy (non-hydrogen) atoms. The number of anilines is 1. The lowest BCUT2D eigenvalue weighted by atomic mass is 10.3. The SMILES string of the molecule is COc1nc(N)cnc1C(C)=O. The van der Waals surface area contributed by atoms with Crippen LogP contribution in [0.25, 0.3) is 0 Å². The van der Waals surface area contributed by atoms with E-state index in [0.717, 1.165) is 0 Å². The van der Waals surface area contributed by atoms with Crippen molar-refractivity contribution in [2.24, 2.45) is 0 Å². The maximum atomic E-state index is 10.9. The van der Waals surface area contributed by atoms with Gasteiger partial charge in [-0.25, -0.2) is 4.98 Å². The Morgan fingerprint density at radius 2 is 2.33 bits per heavy atom. The highest BCUT2D eigenvalue weighted by Gasteiger charge is 2.10. The summed E-state index contributed by atoms with van der Waals surface area (Å²) in [7, 11) is 1.41. The third-order valence-electron chi connectivity index (χ3n) is 1.29. The highest BCUT2D eigenvalue weighted by Crippen LogP contribution is 2.13. The molecule has 0 unspecified atom stereocenters. The van der Waals surface area contributed by atoms with Crippen LogP contribution in [0.5, 0.6) is 5.88 Å². The highest BCUT2D eigenvalue weighted by atomic mass is 16.5. The number of nitrogens with two attached hydrogens (primary N) is 1. The minimum Gasteiger partial charge on any atom is -0.479 e. The number of aromatic nitrogens is 2. The van der Waals surface area contributed by atoms with Crippen molar-refractivity contribution < 1.29 is 9.53 Å². The standard InChI is InChI=1S/C7H9N3O2/c1-4(11)6-7(12-2)10-5(8)3-9-6/h3H,1-2H3,(H2,8,10). The zero-order chi connectivity index (χ0) is 9.14. The van der Waals surface area contributed by atoms with E-state index in [1.165, 1.54) is 20.2 Å². The van der Waals surface area contributed by atoms with E-state index in [9.17, 15) is 4.79 Å². The second kappa shape index (κ2) is 3.17. The number of ether oxygens (including phenoxy) is 1. The fourth-order valence-electron chi connectivity index (χ4n) is 0.769. The monoisotopic (exact) mass is 167 g/mol.